The second-order valence-electron chi connectivity index (χ2n) is 5.89. The van der Waals surface area contributed by atoms with Crippen LogP contribution in [0.2, 0.25) is 0 Å². The van der Waals surface area contributed by atoms with Gasteiger partial charge in [0.2, 0.25) is 0 Å². The minimum atomic E-state index is -0.319. The van der Waals surface area contributed by atoms with Crippen LogP contribution >= 0.6 is 0 Å². The van der Waals surface area contributed by atoms with Crippen LogP contribution in [0.15, 0.2) is 12.1 Å². The van der Waals surface area contributed by atoms with E-state index in [-0.39, 0.29) is 5.97 Å². The van der Waals surface area contributed by atoms with Gasteiger partial charge in [0.1, 0.15) is 0 Å². The van der Waals surface area contributed by atoms with Gasteiger partial charge < -0.3 is 25.4 Å². The highest BCUT2D eigenvalue weighted by molar-refractivity contribution is 5.99. The average molecular weight is 305 g/mol. The number of rotatable bonds is 4. The summed E-state index contributed by atoms with van der Waals surface area (Å²) in [6.45, 7) is 5.59. The number of fused-ring (bicyclic) bond motifs is 1. The molecule has 6 heteroatoms. The molecule has 2 aliphatic rings. The molecule has 0 radical (unpaired) electrons. The topological polar surface area (TPSA) is 76.8 Å². The van der Waals surface area contributed by atoms with Crippen LogP contribution < -0.4 is 16.0 Å². The van der Waals surface area contributed by atoms with Crippen molar-refractivity contribution in [2.24, 2.45) is 11.8 Å². The summed E-state index contributed by atoms with van der Waals surface area (Å²) in [6, 6.07) is 3.66. The van der Waals surface area contributed by atoms with Gasteiger partial charge in [0, 0.05) is 32.0 Å². The number of nitrogens with zero attached hydrogens (tertiary/aromatic N) is 1. The van der Waals surface area contributed by atoms with Crippen molar-refractivity contribution in [3.05, 3.63) is 17.7 Å². The Morgan fingerprint density at radius 3 is 2.68 bits per heavy atom. The zero-order valence-corrected chi connectivity index (χ0v) is 13.1. The van der Waals surface area contributed by atoms with Gasteiger partial charge in [0.15, 0.2) is 0 Å². The Morgan fingerprint density at radius 2 is 2.09 bits per heavy atom. The molecule has 120 valence electrons. The largest absolute Gasteiger partial charge is 0.462 e. The molecule has 2 heterocycles. The number of hydrogen-bond acceptors (Lipinski definition) is 6. The lowest BCUT2D eigenvalue weighted by atomic mass is 10.0. The Kier molecular flexibility index (Phi) is 4.11. The predicted octanol–water partition coefficient (Wildman–Crippen LogP) is 1.57. The lowest BCUT2D eigenvalue weighted by molar-refractivity contribution is 0.0527. The molecule has 0 saturated carbocycles. The van der Waals surface area contributed by atoms with Crippen molar-refractivity contribution in [3.8, 4) is 0 Å². The number of ether oxygens (including phenoxy) is 2. The first kappa shape index (κ1) is 15.0. The molecule has 1 aromatic rings. The van der Waals surface area contributed by atoms with Crippen LogP contribution in [0.1, 0.15) is 17.3 Å². The summed E-state index contributed by atoms with van der Waals surface area (Å²) in [6.07, 6.45) is 0. The maximum atomic E-state index is 12.3. The fraction of sp³-hybridized carbons (Fsp3) is 0.562. The molecule has 3 N–H and O–H groups in total. The van der Waals surface area contributed by atoms with Gasteiger partial charge in [-0.3, -0.25) is 0 Å². The molecule has 2 saturated heterocycles. The molecular formula is C16H23N3O3. The first-order chi connectivity index (χ1) is 10.6. The zero-order valence-electron chi connectivity index (χ0n) is 13.1. The molecule has 1 aromatic carbocycles. The number of nitrogens with two attached hydrogens (primary N) is 1. The minimum Gasteiger partial charge on any atom is -0.462 e. The van der Waals surface area contributed by atoms with Crippen LogP contribution in [0, 0.1) is 11.8 Å². The SMILES string of the molecule is CCOC(=O)c1cc(N)c(NC)cc1N1CC2COCC2C1. The Morgan fingerprint density at radius 1 is 1.41 bits per heavy atom. The smallest absolute Gasteiger partial charge is 0.340 e. The molecule has 2 aliphatic heterocycles. The average Bonchev–Trinajstić information content (AvgIpc) is 3.08. The van der Waals surface area contributed by atoms with Crippen molar-refractivity contribution in [1.29, 1.82) is 0 Å². The van der Waals surface area contributed by atoms with E-state index in [0.717, 1.165) is 37.7 Å². The monoisotopic (exact) mass is 305 g/mol. The van der Waals surface area contributed by atoms with Crippen LogP contribution in [0.25, 0.3) is 0 Å². The van der Waals surface area contributed by atoms with E-state index in [1.807, 2.05) is 13.1 Å². The molecule has 3 rings (SSSR count). The number of nitrogens with one attached hydrogen (secondary N) is 1. The van der Waals surface area contributed by atoms with E-state index in [0.29, 0.717) is 29.7 Å². The minimum absolute atomic E-state index is 0.319. The predicted molar refractivity (Wildman–Crippen MR) is 86.4 cm³/mol. The van der Waals surface area contributed by atoms with Crippen molar-refractivity contribution in [2.75, 3.05) is 55.9 Å². The van der Waals surface area contributed by atoms with Crippen molar-refractivity contribution < 1.29 is 14.3 Å². The highest BCUT2D eigenvalue weighted by atomic mass is 16.5. The summed E-state index contributed by atoms with van der Waals surface area (Å²) in [4.78, 5) is 14.5. The van der Waals surface area contributed by atoms with Gasteiger partial charge >= 0.3 is 5.97 Å². The second-order valence-corrected chi connectivity index (χ2v) is 5.89. The van der Waals surface area contributed by atoms with Gasteiger partial charge in [-0.2, -0.15) is 0 Å². The molecule has 2 atom stereocenters. The summed E-state index contributed by atoms with van der Waals surface area (Å²) in [5.74, 6) is 0.774. The Bertz CT molecular complexity index is 564. The normalized spacial score (nSPS) is 23.5. The first-order valence-corrected chi connectivity index (χ1v) is 7.75. The number of anilines is 3. The van der Waals surface area contributed by atoms with Crippen LogP contribution in [-0.2, 0) is 9.47 Å². The third kappa shape index (κ3) is 2.59. The summed E-state index contributed by atoms with van der Waals surface area (Å²) in [5.41, 5.74) is 8.84. The molecule has 0 amide bonds. The van der Waals surface area contributed by atoms with E-state index in [2.05, 4.69) is 10.2 Å². The second kappa shape index (κ2) is 6.04. The van der Waals surface area contributed by atoms with Crippen molar-refractivity contribution in [3.63, 3.8) is 0 Å². The maximum absolute atomic E-state index is 12.3. The molecule has 2 fully saturated rings. The molecule has 0 aromatic heterocycles. The van der Waals surface area contributed by atoms with Crippen molar-refractivity contribution in [2.45, 2.75) is 6.92 Å². The lowest BCUT2D eigenvalue weighted by Gasteiger charge is -2.24. The highest BCUT2D eigenvalue weighted by Gasteiger charge is 2.38. The van der Waals surface area contributed by atoms with Gasteiger partial charge in [-0.05, 0) is 19.1 Å². The molecule has 6 nitrogen and oxygen atoms in total. The standard InChI is InChI=1S/C16H23N3O3/c1-3-22-16(20)12-4-13(17)14(18-2)5-15(12)19-6-10-8-21-9-11(10)7-19/h4-5,10-11,18H,3,6-9,17H2,1-2H3. The van der Waals surface area contributed by atoms with Crippen molar-refractivity contribution >= 4 is 23.0 Å². The van der Waals surface area contributed by atoms with E-state index in [9.17, 15) is 4.79 Å². The van der Waals surface area contributed by atoms with E-state index < -0.39 is 0 Å². The third-order valence-electron chi connectivity index (χ3n) is 4.51. The lowest BCUT2D eigenvalue weighted by Crippen LogP contribution is -2.25. The van der Waals surface area contributed by atoms with Crippen LogP contribution in [0.3, 0.4) is 0 Å². The number of benzene rings is 1. The molecule has 22 heavy (non-hydrogen) atoms. The maximum Gasteiger partial charge on any atom is 0.340 e. The fourth-order valence-electron chi connectivity index (χ4n) is 3.34. The number of carbonyl (C=O) groups excluding carboxylic acids is 1. The molecule has 2 unspecified atom stereocenters. The van der Waals surface area contributed by atoms with Gasteiger partial charge in [-0.25, -0.2) is 4.79 Å². The van der Waals surface area contributed by atoms with Crippen LogP contribution in [-0.4, -0.2) is 45.9 Å². The van der Waals surface area contributed by atoms with Gasteiger partial charge in [-0.15, -0.1) is 0 Å². The molecule has 0 bridgehead atoms. The molecule has 0 spiro atoms. The van der Waals surface area contributed by atoms with E-state index in [1.54, 1.807) is 13.0 Å². The first-order valence-electron chi connectivity index (χ1n) is 7.75. The summed E-state index contributed by atoms with van der Waals surface area (Å²) in [5, 5.41) is 3.08. The highest BCUT2D eigenvalue weighted by Crippen LogP contribution is 2.37. The van der Waals surface area contributed by atoms with Gasteiger partial charge in [0.05, 0.1) is 42.4 Å². The molecule has 0 aliphatic carbocycles. The Hall–Kier alpha value is -1.95. The van der Waals surface area contributed by atoms with Gasteiger partial charge in [0.25, 0.3) is 0 Å². The summed E-state index contributed by atoms with van der Waals surface area (Å²) in [7, 11) is 1.83. The number of nitrogen functional groups attached to an aromatic ring is 1. The number of esters is 1. The fourth-order valence-corrected chi connectivity index (χ4v) is 3.34. The van der Waals surface area contributed by atoms with E-state index in [4.69, 9.17) is 15.2 Å². The van der Waals surface area contributed by atoms with Crippen LogP contribution in [0.4, 0.5) is 17.1 Å². The van der Waals surface area contributed by atoms with E-state index in [1.165, 1.54) is 0 Å². The summed E-state index contributed by atoms with van der Waals surface area (Å²) < 4.78 is 10.7. The van der Waals surface area contributed by atoms with Crippen LogP contribution in [0.5, 0.6) is 0 Å². The molecular weight excluding hydrogens is 282 g/mol. The Labute approximate surface area is 130 Å². The van der Waals surface area contributed by atoms with Gasteiger partial charge in [-0.1, -0.05) is 0 Å². The Balaban J connectivity index is 1.95. The quantitative estimate of drug-likeness (QED) is 0.649. The zero-order chi connectivity index (χ0) is 15.7. The van der Waals surface area contributed by atoms with E-state index >= 15 is 0 Å². The number of carbonyl (C=O) groups is 1. The summed E-state index contributed by atoms with van der Waals surface area (Å²) >= 11 is 0. The third-order valence-corrected chi connectivity index (χ3v) is 4.51. The van der Waals surface area contributed by atoms with Crippen molar-refractivity contribution in [1.82, 2.24) is 0 Å². The number of hydrogen-bond donors (Lipinski definition) is 2.